The van der Waals surface area contributed by atoms with Gasteiger partial charge in [-0.25, -0.2) is 0 Å². The van der Waals surface area contributed by atoms with Gasteiger partial charge in [-0.05, 0) is 30.7 Å². The van der Waals surface area contributed by atoms with Crippen molar-refractivity contribution < 1.29 is 19.0 Å². The minimum Gasteiger partial charge on any atom is -0.493 e. The molecule has 1 N–H and O–H groups in total. The fraction of sp³-hybridized carbons (Fsp3) is 0.500. The third-order valence-electron chi connectivity index (χ3n) is 2.58. The number of ether oxygens (including phenoxy) is 3. The first-order valence-electron chi connectivity index (χ1n) is 6.22. The van der Waals surface area contributed by atoms with E-state index in [1.54, 1.807) is 14.2 Å². The standard InChI is InChI=1S/C14H21NO4/c1-11(16)19-8-4-7-15-10-12-5-6-13(17-2)14(9-12)18-3/h5-6,9,15H,4,7-8,10H2,1-3H3. The van der Waals surface area contributed by atoms with Crippen molar-refractivity contribution in [3.05, 3.63) is 23.8 Å². The smallest absolute Gasteiger partial charge is 0.302 e. The van der Waals surface area contributed by atoms with Gasteiger partial charge in [-0.2, -0.15) is 0 Å². The molecular weight excluding hydrogens is 246 g/mol. The van der Waals surface area contributed by atoms with Crippen LogP contribution in [0.4, 0.5) is 0 Å². The topological polar surface area (TPSA) is 56.8 Å². The van der Waals surface area contributed by atoms with E-state index in [-0.39, 0.29) is 5.97 Å². The number of rotatable bonds is 8. The number of carbonyl (C=O) groups is 1. The molecule has 0 atom stereocenters. The highest BCUT2D eigenvalue weighted by Crippen LogP contribution is 2.27. The van der Waals surface area contributed by atoms with Gasteiger partial charge in [0.25, 0.3) is 0 Å². The second-order valence-electron chi connectivity index (χ2n) is 4.06. The molecule has 0 spiro atoms. The normalized spacial score (nSPS) is 10.1. The summed E-state index contributed by atoms with van der Waals surface area (Å²) in [6, 6.07) is 5.81. The molecule has 0 aliphatic carbocycles. The highest BCUT2D eigenvalue weighted by Gasteiger charge is 2.04. The molecule has 0 aliphatic rings. The number of hydrogen-bond acceptors (Lipinski definition) is 5. The van der Waals surface area contributed by atoms with Crippen molar-refractivity contribution in [3.63, 3.8) is 0 Å². The molecule has 1 aromatic rings. The highest BCUT2D eigenvalue weighted by atomic mass is 16.5. The van der Waals surface area contributed by atoms with Crippen molar-refractivity contribution >= 4 is 5.97 Å². The van der Waals surface area contributed by atoms with Crippen LogP contribution in [0.25, 0.3) is 0 Å². The van der Waals surface area contributed by atoms with Crippen LogP contribution in [0.5, 0.6) is 11.5 Å². The average Bonchev–Trinajstić information content (AvgIpc) is 2.42. The summed E-state index contributed by atoms with van der Waals surface area (Å²) in [6.45, 7) is 3.40. The lowest BCUT2D eigenvalue weighted by molar-refractivity contribution is -0.141. The van der Waals surface area contributed by atoms with Crippen LogP contribution < -0.4 is 14.8 Å². The lowest BCUT2D eigenvalue weighted by atomic mass is 10.2. The molecular formula is C14H21NO4. The van der Waals surface area contributed by atoms with E-state index in [2.05, 4.69) is 5.32 Å². The molecule has 0 aromatic heterocycles. The molecule has 0 fully saturated rings. The molecule has 5 nitrogen and oxygen atoms in total. The van der Waals surface area contributed by atoms with Crippen molar-refractivity contribution in [2.45, 2.75) is 19.9 Å². The lowest BCUT2D eigenvalue weighted by Crippen LogP contribution is -2.17. The Hall–Kier alpha value is -1.75. The maximum absolute atomic E-state index is 10.6. The van der Waals surface area contributed by atoms with Gasteiger partial charge in [0, 0.05) is 13.5 Å². The zero-order chi connectivity index (χ0) is 14.1. The molecule has 19 heavy (non-hydrogen) atoms. The zero-order valence-corrected chi connectivity index (χ0v) is 11.7. The number of carbonyl (C=O) groups excluding carboxylic acids is 1. The van der Waals surface area contributed by atoms with Gasteiger partial charge < -0.3 is 19.5 Å². The van der Waals surface area contributed by atoms with E-state index < -0.39 is 0 Å². The minimum absolute atomic E-state index is 0.236. The van der Waals surface area contributed by atoms with Crippen LogP contribution in [-0.2, 0) is 16.1 Å². The Kier molecular flexibility index (Phi) is 6.74. The van der Waals surface area contributed by atoms with E-state index in [1.165, 1.54) is 6.92 Å². The number of methoxy groups -OCH3 is 2. The van der Waals surface area contributed by atoms with Crippen LogP contribution in [-0.4, -0.2) is 33.3 Å². The summed E-state index contributed by atoms with van der Waals surface area (Å²) in [5.41, 5.74) is 1.12. The number of benzene rings is 1. The van der Waals surface area contributed by atoms with Crippen molar-refractivity contribution in [1.29, 1.82) is 0 Å². The fourth-order valence-electron chi connectivity index (χ4n) is 1.64. The van der Waals surface area contributed by atoms with Gasteiger partial charge in [0.2, 0.25) is 0 Å². The largest absolute Gasteiger partial charge is 0.493 e. The summed E-state index contributed by atoms with van der Waals surface area (Å²) >= 11 is 0. The van der Waals surface area contributed by atoms with Crippen molar-refractivity contribution in [2.24, 2.45) is 0 Å². The average molecular weight is 267 g/mol. The molecule has 0 radical (unpaired) electrons. The molecule has 0 saturated carbocycles. The molecule has 1 rings (SSSR count). The van der Waals surface area contributed by atoms with Gasteiger partial charge in [-0.1, -0.05) is 6.07 Å². The number of nitrogens with one attached hydrogen (secondary N) is 1. The lowest BCUT2D eigenvalue weighted by Gasteiger charge is -2.10. The summed E-state index contributed by atoms with van der Waals surface area (Å²) in [5.74, 6) is 1.21. The third-order valence-corrected chi connectivity index (χ3v) is 2.58. The third kappa shape index (κ3) is 5.61. The fourth-order valence-corrected chi connectivity index (χ4v) is 1.64. The molecule has 106 valence electrons. The molecule has 0 amide bonds. The second-order valence-corrected chi connectivity index (χ2v) is 4.06. The quantitative estimate of drug-likeness (QED) is 0.574. The first-order valence-corrected chi connectivity index (χ1v) is 6.22. The van der Waals surface area contributed by atoms with Crippen LogP contribution >= 0.6 is 0 Å². The Morgan fingerprint density at radius 3 is 2.58 bits per heavy atom. The molecule has 1 aromatic carbocycles. The predicted octanol–water partition coefficient (Wildman–Crippen LogP) is 1.75. The Balaban J connectivity index is 2.31. The Morgan fingerprint density at radius 2 is 1.95 bits per heavy atom. The summed E-state index contributed by atoms with van der Waals surface area (Å²) in [7, 11) is 3.24. The van der Waals surface area contributed by atoms with Gasteiger partial charge in [-0.3, -0.25) is 4.79 Å². The van der Waals surface area contributed by atoms with E-state index in [9.17, 15) is 4.79 Å². The van der Waals surface area contributed by atoms with Crippen LogP contribution in [0.15, 0.2) is 18.2 Å². The molecule has 5 heteroatoms. The predicted molar refractivity (Wildman–Crippen MR) is 72.5 cm³/mol. The van der Waals surface area contributed by atoms with Crippen molar-refractivity contribution in [2.75, 3.05) is 27.4 Å². The van der Waals surface area contributed by atoms with Crippen molar-refractivity contribution in [1.82, 2.24) is 5.32 Å². The van der Waals surface area contributed by atoms with Crippen LogP contribution in [0, 0.1) is 0 Å². The monoisotopic (exact) mass is 267 g/mol. The van der Waals surface area contributed by atoms with E-state index in [1.807, 2.05) is 18.2 Å². The van der Waals surface area contributed by atoms with E-state index in [4.69, 9.17) is 14.2 Å². The Labute approximate surface area is 113 Å². The SMILES string of the molecule is COc1ccc(CNCCCOC(C)=O)cc1OC. The van der Waals surface area contributed by atoms with Gasteiger partial charge in [0.1, 0.15) is 0 Å². The number of esters is 1. The molecule has 0 unspecified atom stereocenters. The Bertz CT molecular complexity index is 406. The molecule has 0 saturated heterocycles. The number of hydrogen-bond donors (Lipinski definition) is 1. The minimum atomic E-state index is -0.236. The maximum Gasteiger partial charge on any atom is 0.302 e. The molecule has 0 heterocycles. The summed E-state index contributed by atoms with van der Waals surface area (Å²) < 4.78 is 15.3. The van der Waals surface area contributed by atoms with Gasteiger partial charge in [0.05, 0.1) is 20.8 Å². The maximum atomic E-state index is 10.6. The van der Waals surface area contributed by atoms with Gasteiger partial charge in [0.15, 0.2) is 11.5 Å². The van der Waals surface area contributed by atoms with Crippen LogP contribution in [0.3, 0.4) is 0 Å². The van der Waals surface area contributed by atoms with Crippen LogP contribution in [0.1, 0.15) is 18.9 Å². The molecule has 0 aliphatic heterocycles. The van der Waals surface area contributed by atoms with Gasteiger partial charge in [-0.15, -0.1) is 0 Å². The van der Waals surface area contributed by atoms with E-state index in [0.717, 1.165) is 36.6 Å². The first kappa shape index (κ1) is 15.3. The molecule has 0 bridgehead atoms. The highest BCUT2D eigenvalue weighted by molar-refractivity contribution is 5.65. The summed E-state index contributed by atoms with van der Waals surface area (Å²) in [4.78, 5) is 10.6. The van der Waals surface area contributed by atoms with E-state index >= 15 is 0 Å². The summed E-state index contributed by atoms with van der Waals surface area (Å²) in [6.07, 6.45) is 0.798. The zero-order valence-electron chi connectivity index (χ0n) is 11.7. The first-order chi connectivity index (χ1) is 9.17. The summed E-state index contributed by atoms with van der Waals surface area (Å²) in [5, 5.41) is 3.28. The van der Waals surface area contributed by atoms with E-state index in [0.29, 0.717) is 6.61 Å². The second kappa shape index (κ2) is 8.37. The van der Waals surface area contributed by atoms with Crippen molar-refractivity contribution in [3.8, 4) is 11.5 Å². The van der Waals surface area contributed by atoms with Crippen LogP contribution in [0.2, 0.25) is 0 Å². The Morgan fingerprint density at radius 1 is 1.21 bits per heavy atom. The van der Waals surface area contributed by atoms with Gasteiger partial charge >= 0.3 is 5.97 Å².